The highest BCUT2D eigenvalue weighted by atomic mass is 31.2. The maximum Gasteiger partial charge on any atom is 0.268 e. The highest BCUT2D eigenvalue weighted by Gasteiger charge is 2.23. The van der Waals surface area contributed by atoms with Crippen molar-refractivity contribution in [1.82, 2.24) is 5.32 Å². The van der Waals surface area contributed by atoms with Crippen LogP contribution in [0.5, 0.6) is 0 Å². The average molecular weight is 1200 g/mol. The molecule has 1 amide bonds. The number of likely N-dealkylation sites (N-methyl/N-ethyl adjacent to an activating group) is 1. The molecule has 0 aliphatic heterocycles. The maximum atomic E-state index is 13.0. The van der Waals surface area contributed by atoms with Crippen LogP contribution in [0, 0.1) is 0 Å². The highest BCUT2D eigenvalue weighted by molar-refractivity contribution is 7.45. The number of rotatable bonds is 61. The lowest BCUT2D eigenvalue weighted by atomic mass is 10.0. The van der Waals surface area contributed by atoms with Crippen LogP contribution in [0.25, 0.3) is 0 Å². The smallest absolute Gasteiger partial charge is 0.268 e. The Labute approximate surface area is 524 Å². The second kappa shape index (κ2) is 64.6. The van der Waals surface area contributed by atoms with Crippen molar-refractivity contribution in [3.8, 4) is 0 Å². The molecule has 0 aliphatic rings. The predicted molar refractivity (Wildman–Crippen MR) is 371 cm³/mol. The number of quaternary nitrogens is 1. The molecule has 484 valence electrons. The van der Waals surface area contributed by atoms with Crippen LogP contribution in [-0.2, 0) is 18.4 Å². The fraction of sp³-hybridized carbons (Fsp3) is 0.645. The van der Waals surface area contributed by atoms with Crippen molar-refractivity contribution in [3.63, 3.8) is 0 Å². The molecule has 0 heterocycles. The lowest BCUT2D eigenvalue weighted by Gasteiger charge is -2.29. The number of carbonyl (C=O) groups is 1. The van der Waals surface area contributed by atoms with Crippen LogP contribution in [0.2, 0.25) is 0 Å². The first-order valence-electron chi connectivity index (χ1n) is 34.3. The zero-order valence-electron chi connectivity index (χ0n) is 55.2. The molecule has 0 spiro atoms. The molecule has 0 saturated carbocycles. The third-order valence-electron chi connectivity index (χ3n) is 14.4. The summed E-state index contributed by atoms with van der Waals surface area (Å²) in [5, 5.41) is 13.9. The molecule has 2 N–H and O–H groups in total. The summed E-state index contributed by atoms with van der Waals surface area (Å²) in [5.41, 5.74) is 0. The Bertz CT molecular complexity index is 1940. The largest absolute Gasteiger partial charge is 0.756 e. The van der Waals surface area contributed by atoms with Gasteiger partial charge in [-0.15, -0.1) is 0 Å². The van der Waals surface area contributed by atoms with Crippen LogP contribution >= 0.6 is 7.82 Å². The van der Waals surface area contributed by atoms with Crippen LogP contribution in [0.4, 0.5) is 0 Å². The minimum Gasteiger partial charge on any atom is -0.756 e. The van der Waals surface area contributed by atoms with Crippen molar-refractivity contribution in [2.75, 3.05) is 40.9 Å². The molecule has 0 radical (unpaired) electrons. The van der Waals surface area contributed by atoms with Gasteiger partial charge >= 0.3 is 0 Å². The van der Waals surface area contributed by atoms with Gasteiger partial charge in [0, 0.05) is 6.42 Å². The Hall–Kier alpha value is -3.88. The number of hydrogen-bond acceptors (Lipinski definition) is 6. The Morgan fingerprint density at radius 1 is 0.424 bits per heavy atom. The van der Waals surface area contributed by atoms with Gasteiger partial charge < -0.3 is 28.8 Å². The van der Waals surface area contributed by atoms with E-state index in [1.54, 1.807) is 6.08 Å². The first-order valence-corrected chi connectivity index (χ1v) is 35.8. The molecule has 8 nitrogen and oxygen atoms in total. The van der Waals surface area contributed by atoms with Crippen LogP contribution in [-0.4, -0.2) is 68.5 Å². The molecule has 0 aromatic rings. The summed E-state index contributed by atoms with van der Waals surface area (Å²) >= 11 is 0. The van der Waals surface area contributed by atoms with Crippen LogP contribution in [0.15, 0.2) is 158 Å². The van der Waals surface area contributed by atoms with E-state index in [1.807, 2.05) is 27.2 Å². The zero-order chi connectivity index (χ0) is 61.9. The van der Waals surface area contributed by atoms with Gasteiger partial charge in [-0.2, -0.15) is 0 Å². The fourth-order valence-corrected chi connectivity index (χ4v) is 9.88. The van der Waals surface area contributed by atoms with Crippen molar-refractivity contribution < 1.29 is 32.9 Å². The first kappa shape index (κ1) is 81.1. The molecule has 0 aromatic heterocycles. The number of unbranched alkanes of at least 4 members (excludes halogenated alkanes) is 24. The van der Waals surface area contributed by atoms with E-state index in [2.05, 4.69) is 165 Å². The summed E-state index contributed by atoms with van der Waals surface area (Å²) < 4.78 is 23.4. The van der Waals surface area contributed by atoms with Crippen molar-refractivity contribution in [2.45, 2.75) is 276 Å². The van der Waals surface area contributed by atoms with Gasteiger partial charge in [0.15, 0.2) is 0 Å². The molecule has 3 atom stereocenters. The number of allylic oxidation sites excluding steroid dienone is 25. The van der Waals surface area contributed by atoms with Crippen LogP contribution < -0.4 is 10.2 Å². The molecule has 0 bridgehead atoms. The highest BCUT2D eigenvalue weighted by Crippen LogP contribution is 2.38. The molecule has 0 rings (SSSR count). The number of phosphoric acid groups is 1. The van der Waals surface area contributed by atoms with Crippen molar-refractivity contribution in [1.29, 1.82) is 0 Å². The van der Waals surface area contributed by atoms with Gasteiger partial charge in [-0.25, -0.2) is 0 Å². The Kier molecular flexibility index (Phi) is 61.6. The molecule has 3 unspecified atom stereocenters. The molecule has 0 fully saturated rings. The van der Waals surface area contributed by atoms with Gasteiger partial charge in [-0.05, 0) is 122 Å². The van der Waals surface area contributed by atoms with Gasteiger partial charge in [-0.1, -0.05) is 294 Å². The fourth-order valence-electron chi connectivity index (χ4n) is 9.15. The maximum absolute atomic E-state index is 13.0. The van der Waals surface area contributed by atoms with E-state index in [0.717, 1.165) is 122 Å². The molecule has 0 aromatic carbocycles. The molecule has 0 aliphatic carbocycles. The van der Waals surface area contributed by atoms with E-state index in [1.165, 1.54) is 122 Å². The second-order valence-electron chi connectivity index (χ2n) is 23.8. The van der Waals surface area contributed by atoms with E-state index in [-0.39, 0.29) is 12.5 Å². The van der Waals surface area contributed by atoms with E-state index in [9.17, 15) is 19.4 Å². The number of carbonyl (C=O) groups excluding carboxylic acids is 1. The summed E-state index contributed by atoms with van der Waals surface area (Å²) in [6.07, 6.45) is 101. The molecule has 0 saturated heterocycles. The lowest BCUT2D eigenvalue weighted by molar-refractivity contribution is -0.870. The third kappa shape index (κ3) is 67.5. The second-order valence-corrected chi connectivity index (χ2v) is 25.2. The van der Waals surface area contributed by atoms with Crippen molar-refractivity contribution in [2.24, 2.45) is 0 Å². The number of nitrogens with one attached hydrogen (secondary N) is 1. The molecular formula is C76H129N2O6P. The number of aliphatic hydroxyl groups excluding tert-OH is 1. The monoisotopic (exact) mass is 1200 g/mol. The van der Waals surface area contributed by atoms with E-state index >= 15 is 0 Å². The number of hydrogen-bond donors (Lipinski definition) is 2. The topological polar surface area (TPSA) is 108 Å². The van der Waals surface area contributed by atoms with Crippen molar-refractivity contribution in [3.05, 3.63) is 158 Å². The Morgan fingerprint density at radius 2 is 0.729 bits per heavy atom. The average Bonchev–Trinajstić information content (AvgIpc) is 3.49. The summed E-state index contributed by atoms with van der Waals surface area (Å²) in [6, 6.07) is -0.927. The van der Waals surface area contributed by atoms with Crippen LogP contribution in [0.1, 0.15) is 264 Å². The number of nitrogens with zero attached hydrogens (tertiary/aromatic N) is 1. The van der Waals surface area contributed by atoms with E-state index in [0.29, 0.717) is 17.4 Å². The number of amides is 1. The number of phosphoric ester groups is 1. The standard InChI is InChI=1S/C76H129N2O6P/c1-6-8-10-12-14-16-18-20-22-24-26-28-30-32-33-34-35-36-37-38-39-40-41-42-43-44-45-46-48-50-52-54-56-58-60-62-64-66-68-70-76(80)77-74(73-84-85(81,82)83-72-71-78(3,4)5)75(79)69-67-65-63-61-59-57-55-53-51-49-47-31-29-27-25-23-21-19-17-15-13-11-9-7-2/h8,10,14,16,20,22,26,28,32-33,35-36,38-39,41-42,44-45,48,50-51,53,59,61,67,69,74-75,79H,6-7,9,11-13,15,17-19,21,23-25,27,29-31,34,37,40,43,46-47,49,52,54-58,60,62-66,68,70-73H2,1-5H3,(H-,77,80,81,82)/b10-8-,16-14-,22-20-,28-26-,33-32-,36-35-,39-38-,42-41-,45-44-,50-48-,53-51+,61-59+,69-67+. The Balaban J connectivity index is 4.22. The summed E-state index contributed by atoms with van der Waals surface area (Å²) in [6.45, 7) is 4.50. The summed E-state index contributed by atoms with van der Waals surface area (Å²) in [5.74, 6) is -0.225. The van der Waals surface area contributed by atoms with Crippen molar-refractivity contribution >= 4 is 13.7 Å². The van der Waals surface area contributed by atoms with Gasteiger partial charge in [0.25, 0.3) is 7.82 Å². The van der Waals surface area contributed by atoms with E-state index < -0.39 is 26.6 Å². The SMILES string of the molecule is CC/C=C\C/C=C\C/C=C\C/C=C\C/C=C\C/C=C\C/C=C\C/C=C\C/C=C\C/C=C\CCCCCCCCCCC(=O)NC(COP(=O)([O-])OCC[N+](C)(C)C)C(O)/C=C/CC/C=C/CC/C=C/CCCCCCCCCCCCCCCC. The van der Waals surface area contributed by atoms with Crippen LogP contribution in [0.3, 0.4) is 0 Å². The molecular weight excluding hydrogens is 1070 g/mol. The minimum atomic E-state index is -4.63. The normalized spacial score (nSPS) is 14.7. The number of aliphatic hydroxyl groups is 1. The first-order chi connectivity index (χ1) is 41.5. The molecule has 85 heavy (non-hydrogen) atoms. The minimum absolute atomic E-state index is 0.0186. The summed E-state index contributed by atoms with van der Waals surface area (Å²) in [4.78, 5) is 25.6. The molecule has 9 heteroatoms. The van der Waals surface area contributed by atoms with Gasteiger partial charge in [0.1, 0.15) is 13.2 Å². The summed E-state index contributed by atoms with van der Waals surface area (Å²) in [7, 11) is 1.21. The van der Waals surface area contributed by atoms with Gasteiger partial charge in [0.2, 0.25) is 5.91 Å². The Morgan fingerprint density at radius 3 is 1.09 bits per heavy atom. The van der Waals surface area contributed by atoms with Gasteiger partial charge in [-0.3, -0.25) is 9.36 Å². The predicted octanol–water partition coefficient (Wildman–Crippen LogP) is 21.5. The van der Waals surface area contributed by atoms with Gasteiger partial charge in [0.05, 0.1) is 39.9 Å². The van der Waals surface area contributed by atoms with E-state index in [4.69, 9.17) is 9.05 Å². The zero-order valence-corrected chi connectivity index (χ0v) is 56.1. The lowest BCUT2D eigenvalue weighted by Crippen LogP contribution is -2.45. The third-order valence-corrected chi connectivity index (χ3v) is 15.4. The quantitative estimate of drug-likeness (QED) is 0.0272.